The highest BCUT2D eigenvalue weighted by Crippen LogP contribution is 2.58. The van der Waals surface area contributed by atoms with Gasteiger partial charge in [0.1, 0.15) is 23.1 Å². The van der Waals surface area contributed by atoms with E-state index in [4.69, 9.17) is 0 Å². The minimum Gasteiger partial charge on any atom is -0.337 e. The number of benzene rings is 1. The zero-order valence-corrected chi connectivity index (χ0v) is 20.6. The smallest absolute Gasteiger partial charge is 0.275 e. The van der Waals surface area contributed by atoms with E-state index in [0.29, 0.717) is 47.4 Å². The summed E-state index contributed by atoms with van der Waals surface area (Å²) >= 11 is 0. The minimum atomic E-state index is -0.404. The third-order valence-corrected chi connectivity index (χ3v) is 8.40. The third kappa shape index (κ3) is 3.86. The zero-order valence-electron chi connectivity index (χ0n) is 20.6. The molecule has 9 nitrogen and oxygen atoms in total. The monoisotopic (exact) mass is 506 g/mol. The number of rotatable bonds is 5. The van der Waals surface area contributed by atoms with Crippen LogP contribution in [0.4, 0.5) is 11.5 Å². The Bertz CT molecular complexity index is 1560. The molecule has 3 heterocycles. The zero-order chi connectivity index (χ0) is 25.9. The number of imidazole rings is 1. The second-order valence-electron chi connectivity index (χ2n) is 10.9. The van der Waals surface area contributed by atoms with Crippen LogP contribution in [0.3, 0.4) is 0 Å². The molecule has 0 saturated heterocycles. The number of nitrogens with zero attached hydrogens (tertiary/aromatic N) is 3. The summed E-state index contributed by atoms with van der Waals surface area (Å²) in [5, 5.41) is 5.87. The van der Waals surface area contributed by atoms with Gasteiger partial charge in [-0.2, -0.15) is 0 Å². The van der Waals surface area contributed by atoms with Crippen molar-refractivity contribution < 1.29 is 14.4 Å². The van der Waals surface area contributed by atoms with Crippen LogP contribution in [0.2, 0.25) is 0 Å². The predicted octanol–water partition coefficient (Wildman–Crippen LogP) is 4.61. The molecule has 0 aliphatic heterocycles. The Kier molecular flexibility index (Phi) is 5.14. The van der Waals surface area contributed by atoms with E-state index in [1.807, 2.05) is 24.3 Å². The maximum absolute atomic E-state index is 13.4. The molecule has 38 heavy (non-hydrogen) atoms. The Hall–Kier alpha value is -4.40. The number of ketones is 1. The topological polar surface area (TPSA) is 130 Å². The second kappa shape index (κ2) is 8.58. The molecular weight excluding hydrogens is 480 g/mol. The quantitative estimate of drug-likeness (QED) is 0.363. The summed E-state index contributed by atoms with van der Waals surface area (Å²) in [7, 11) is 0. The van der Waals surface area contributed by atoms with Gasteiger partial charge in [-0.1, -0.05) is 6.07 Å². The Labute approximate surface area is 218 Å². The number of pyridine rings is 2. The number of nitrogens with one attached hydrogen (secondary N) is 3. The molecule has 190 valence electrons. The van der Waals surface area contributed by atoms with Crippen molar-refractivity contribution in [3.05, 3.63) is 66.6 Å². The lowest BCUT2D eigenvalue weighted by atomic mass is 9.49. The highest BCUT2D eigenvalue weighted by Gasteiger charge is 2.58. The first-order chi connectivity index (χ1) is 18.5. The number of Topliss-reactive ketones (excluding diaryl/α,β-unsaturated/α-hetero) is 1. The van der Waals surface area contributed by atoms with Gasteiger partial charge in [-0.15, -0.1) is 0 Å². The Balaban J connectivity index is 1.05. The maximum Gasteiger partial charge on any atom is 0.275 e. The lowest BCUT2D eigenvalue weighted by Gasteiger charge is -2.54. The molecule has 2 amide bonds. The van der Waals surface area contributed by atoms with Crippen LogP contribution in [-0.4, -0.2) is 37.5 Å². The normalized spacial score (nSPS) is 25.5. The summed E-state index contributed by atoms with van der Waals surface area (Å²) in [6, 6.07) is 14.4. The second-order valence-corrected chi connectivity index (χ2v) is 10.9. The van der Waals surface area contributed by atoms with Gasteiger partial charge >= 0.3 is 0 Å². The molecule has 4 aromatic rings. The van der Waals surface area contributed by atoms with Gasteiger partial charge in [0.05, 0.1) is 22.6 Å². The largest absolute Gasteiger partial charge is 0.337 e. The highest BCUT2D eigenvalue weighted by atomic mass is 16.2. The number of hydrogen-bond acceptors (Lipinski definition) is 6. The predicted molar refractivity (Wildman–Crippen MR) is 141 cm³/mol. The molecule has 3 aromatic heterocycles. The van der Waals surface area contributed by atoms with Crippen LogP contribution in [-0.2, 0) is 9.59 Å². The standard InChI is InChI=1S/C29H26N6O3/c36-25-18-9-16-10-19(25)14-29(12-16,13-18)28(38)32-20-6-4-17(5-7-20)26-33-22-11-24(31-15-23(22)34-26)35-27(37)21-3-1-2-8-30-21/h1-8,11,15-16,18-19H,9-10,12-14H2,(H,32,38)(H,33,34)(H,31,35,37). The fourth-order valence-electron chi connectivity index (χ4n) is 6.79. The lowest BCUT2D eigenvalue weighted by Crippen LogP contribution is -2.55. The van der Waals surface area contributed by atoms with Gasteiger partial charge in [-0.3, -0.25) is 19.4 Å². The van der Waals surface area contributed by atoms with Crippen LogP contribution in [0.5, 0.6) is 0 Å². The molecule has 4 saturated carbocycles. The van der Waals surface area contributed by atoms with Crippen molar-refractivity contribution in [3.8, 4) is 11.4 Å². The van der Waals surface area contributed by atoms with Crippen LogP contribution >= 0.6 is 0 Å². The van der Waals surface area contributed by atoms with Gasteiger partial charge in [-0.25, -0.2) is 9.97 Å². The van der Waals surface area contributed by atoms with Crippen molar-refractivity contribution in [2.75, 3.05) is 10.6 Å². The van der Waals surface area contributed by atoms with Crippen molar-refractivity contribution >= 4 is 40.1 Å². The van der Waals surface area contributed by atoms with Crippen LogP contribution in [0.15, 0.2) is 60.9 Å². The van der Waals surface area contributed by atoms with E-state index < -0.39 is 5.41 Å². The van der Waals surface area contributed by atoms with E-state index in [-0.39, 0.29) is 23.7 Å². The molecule has 3 N–H and O–H groups in total. The number of anilines is 2. The number of aromatic nitrogens is 4. The van der Waals surface area contributed by atoms with E-state index in [9.17, 15) is 14.4 Å². The number of hydrogen-bond donors (Lipinski definition) is 3. The van der Waals surface area contributed by atoms with E-state index >= 15 is 0 Å². The van der Waals surface area contributed by atoms with Crippen LogP contribution in [0.25, 0.3) is 22.4 Å². The third-order valence-electron chi connectivity index (χ3n) is 8.40. The summed E-state index contributed by atoms with van der Waals surface area (Å²) < 4.78 is 0. The van der Waals surface area contributed by atoms with Gasteiger partial charge in [0.15, 0.2) is 0 Å². The van der Waals surface area contributed by atoms with Crippen molar-refractivity contribution in [3.63, 3.8) is 0 Å². The first-order valence-electron chi connectivity index (χ1n) is 13.0. The van der Waals surface area contributed by atoms with Gasteiger partial charge in [0.25, 0.3) is 5.91 Å². The molecule has 0 spiro atoms. The van der Waals surface area contributed by atoms with Gasteiger partial charge in [0.2, 0.25) is 5.91 Å². The number of carbonyl (C=O) groups is 3. The molecule has 2 unspecified atom stereocenters. The van der Waals surface area contributed by atoms with Crippen molar-refractivity contribution in [2.45, 2.75) is 32.1 Å². The summed E-state index contributed by atoms with van der Waals surface area (Å²) in [6.07, 6.45) is 7.40. The number of carbonyl (C=O) groups excluding carboxylic acids is 3. The van der Waals surface area contributed by atoms with Gasteiger partial charge in [-0.05, 0) is 74.4 Å². The minimum absolute atomic E-state index is 0.0484. The molecule has 1 aromatic carbocycles. The van der Waals surface area contributed by atoms with Crippen LogP contribution in [0.1, 0.15) is 42.6 Å². The van der Waals surface area contributed by atoms with Crippen LogP contribution in [0, 0.1) is 23.2 Å². The Morgan fingerprint density at radius 2 is 1.74 bits per heavy atom. The highest BCUT2D eigenvalue weighted by molar-refractivity contribution is 6.03. The fraction of sp³-hybridized carbons (Fsp3) is 0.310. The van der Waals surface area contributed by atoms with E-state index in [1.165, 1.54) is 0 Å². The van der Waals surface area contributed by atoms with E-state index in [2.05, 4.69) is 30.6 Å². The summed E-state index contributed by atoms with van der Waals surface area (Å²) in [6.45, 7) is 0. The molecule has 4 aliphatic rings. The molecule has 2 atom stereocenters. The number of H-pyrrole nitrogens is 1. The molecule has 4 fully saturated rings. The number of aromatic amines is 1. The maximum atomic E-state index is 13.4. The average Bonchev–Trinajstić information content (AvgIpc) is 3.35. The van der Waals surface area contributed by atoms with Crippen molar-refractivity contribution in [2.24, 2.45) is 23.2 Å². The van der Waals surface area contributed by atoms with E-state index in [0.717, 1.165) is 36.0 Å². The first kappa shape index (κ1) is 22.8. The molecule has 0 radical (unpaired) electrons. The average molecular weight is 507 g/mol. The Morgan fingerprint density at radius 3 is 2.47 bits per heavy atom. The van der Waals surface area contributed by atoms with Gasteiger partial charge < -0.3 is 15.6 Å². The SMILES string of the molecule is O=C(Nc1cc2nc(-c3ccc(NC(=O)C45CC6CC(C4)C(=O)C(C6)C5)cc3)[nH]c2cn1)c1ccccn1. The molecule has 8 rings (SSSR count). The molecule has 4 aliphatic carbocycles. The van der Waals surface area contributed by atoms with Crippen LogP contribution < -0.4 is 10.6 Å². The van der Waals surface area contributed by atoms with Crippen molar-refractivity contribution in [1.82, 2.24) is 19.9 Å². The molecular formula is C29H26N6O3. The number of fused-ring (bicyclic) bond motifs is 1. The van der Waals surface area contributed by atoms with Gasteiger partial charge in [0, 0.05) is 35.3 Å². The number of amides is 2. The lowest BCUT2D eigenvalue weighted by molar-refractivity contribution is -0.154. The summed E-state index contributed by atoms with van der Waals surface area (Å²) in [5.74, 6) is 1.78. The summed E-state index contributed by atoms with van der Waals surface area (Å²) in [4.78, 5) is 54.5. The summed E-state index contributed by atoms with van der Waals surface area (Å²) in [5.41, 5.74) is 2.90. The molecule has 4 bridgehead atoms. The van der Waals surface area contributed by atoms with E-state index in [1.54, 1.807) is 36.7 Å². The molecule has 9 heteroatoms. The Morgan fingerprint density at radius 1 is 0.947 bits per heavy atom. The fourth-order valence-corrected chi connectivity index (χ4v) is 6.79. The van der Waals surface area contributed by atoms with Crippen molar-refractivity contribution in [1.29, 1.82) is 0 Å². The first-order valence-corrected chi connectivity index (χ1v) is 13.0.